The molecule has 1 aromatic carbocycles. The Morgan fingerprint density at radius 1 is 1.39 bits per heavy atom. The third-order valence-corrected chi connectivity index (χ3v) is 4.18. The molecule has 1 aromatic heterocycles. The summed E-state index contributed by atoms with van der Waals surface area (Å²) in [6, 6.07) is 5.31. The van der Waals surface area contributed by atoms with Gasteiger partial charge in [0.05, 0.1) is 17.2 Å². The molecule has 0 spiro atoms. The summed E-state index contributed by atoms with van der Waals surface area (Å²) in [6.45, 7) is 1.81. The molecule has 3 nitrogen and oxygen atoms in total. The molecular formula is C12H9Cl2NO2S. The topological polar surface area (TPSA) is 39.2 Å². The van der Waals surface area contributed by atoms with Gasteiger partial charge in [0.15, 0.2) is 5.69 Å². The van der Waals surface area contributed by atoms with Crippen molar-refractivity contribution >= 4 is 40.5 Å². The highest BCUT2D eigenvalue weighted by atomic mass is 35.5. The molecule has 18 heavy (non-hydrogen) atoms. The van der Waals surface area contributed by atoms with E-state index < -0.39 is 5.97 Å². The van der Waals surface area contributed by atoms with E-state index >= 15 is 0 Å². The average molecular weight is 302 g/mol. The summed E-state index contributed by atoms with van der Waals surface area (Å²) in [4.78, 5) is 16.5. The molecule has 6 heteroatoms. The minimum absolute atomic E-state index is 0.313. The summed E-state index contributed by atoms with van der Waals surface area (Å²) in [5.41, 5.74) is 1.03. The molecule has 0 unspecified atom stereocenters. The van der Waals surface area contributed by atoms with Crippen molar-refractivity contribution in [1.82, 2.24) is 4.98 Å². The zero-order valence-corrected chi connectivity index (χ0v) is 12.0. The van der Waals surface area contributed by atoms with Crippen molar-refractivity contribution in [2.24, 2.45) is 0 Å². The number of benzene rings is 1. The second kappa shape index (κ2) is 5.26. The number of esters is 1. The van der Waals surface area contributed by atoms with Crippen LogP contribution in [0.25, 0.3) is 10.6 Å². The van der Waals surface area contributed by atoms with Gasteiger partial charge in [-0.25, -0.2) is 9.78 Å². The largest absolute Gasteiger partial charge is 0.464 e. The quantitative estimate of drug-likeness (QED) is 0.780. The Hall–Kier alpha value is -1.10. The molecule has 0 aliphatic carbocycles. The highest BCUT2D eigenvalue weighted by Gasteiger charge is 2.18. The minimum Gasteiger partial charge on any atom is -0.464 e. The number of hydrogen-bond donors (Lipinski definition) is 0. The van der Waals surface area contributed by atoms with Crippen LogP contribution in [0.5, 0.6) is 0 Å². The van der Waals surface area contributed by atoms with Gasteiger partial charge in [0.25, 0.3) is 0 Å². The first-order chi connectivity index (χ1) is 8.54. The van der Waals surface area contributed by atoms with Crippen molar-refractivity contribution in [3.63, 3.8) is 0 Å². The Kier molecular flexibility index (Phi) is 3.90. The van der Waals surface area contributed by atoms with Crippen molar-refractivity contribution in [3.8, 4) is 10.6 Å². The maximum atomic E-state index is 11.5. The first-order valence-corrected chi connectivity index (χ1v) is 6.62. The lowest BCUT2D eigenvalue weighted by Gasteiger charge is -2.01. The molecule has 0 aliphatic heterocycles. The van der Waals surface area contributed by atoms with Crippen LogP contribution in [-0.2, 0) is 4.74 Å². The fraction of sp³-hybridized carbons (Fsp3) is 0.167. The third kappa shape index (κ3) is 2.36. The number of thiazole rings is 1. The Morgan fingerprint density at radius 3 is 2.78 bits per heavy atom. The number of halogens is 2. The van der Waals surface area contributed by atoms with E-state index in [1.54, 1.807) is 12.1 Å². The second-order valence-corrected chi connectivity index (χ2v) is 5.51. The highest BCUT2D eigenvalue weighted by Crippen LogP contribution is 2.36. The summed E-state index contributed by atoms with van der Waals surface area (Å²) in [5.74, 6) is -0.451. The molecule has 0 aliphatic rings. The predicted octanol–water partition coefficient (Wildman–Crippen LogP) is 4.21. The van der Waals surface area contributed by atoms with Crippen LogP contribution in [0.4, 0.5) is 0 Å². The number of carbonyl (C=O) groups excluding carboxylic acids is 1. The standard InChI is InChI=1S/C12H9Cl2NO2S/c1-6-10(12(16)17-2)15-11(18-6)7-4-3-5-8(13)9(7)14/h3-5H,1-2H3. The minimum atomic E-state index is -0.451. The molecule has 0 N–H and O–H groups in total. The van der Waals surface area contributed by atoms with Crippen LogP contribution in [0.3, 0.4) is 0 Å². The monoisotopic (exact) mass is 301 g/mol. The number of nitrogens with zero attached hydrogens (tertiary/aromatic N) is 1. The molecule has 1 heterocycles. The van der Waals surface area contributed by atoms with Gasteiger partial charge in [-0.1, -0.05) is 35.3 Å². The second-order valence-electron chi connectivity index (χ2n) is 3.52. The maximum Gasteiger partial charge on any atom is 0.357 e. The van der Waals surface area contributed by atoms with Crippen molar-refractivity contribution in [3.05, 3.63) is 38.8 Å². The summed E-state index contributed by atoms with van der Waals surface area (Å²) < 4.78 is 4.67. The Bertz CT molecular complexity index is 610. The van der Waals surface area contributed by atoms with Crippen molar-refractivity contribution in [2.75, 3.05) is 7.11 Å². The predicted molar refractivity (Wildman–Crippen MR) is 73.6 cm³/mol. The number of hydrogen-bond acceptors (Lipinski definition) is 4. The van der Waals surface area contributed by atoms with E-state index in [0.717, 1.165) is 4.88 Å². The molecule has 94 valence electrons. The zero-order valence-electron chi connectivity index (χ0n) is 9.66. The number of aromatic nitrogens is 1. The van der Waals surface area contributed by atoms with Gasteiger partial charge in [0.2, 0.25) is 0 Å². The Labute approximate surface area is 118 Å². The molecule has 0 radical (unpaired) electrons. The summed E-state index contributed by atoms with van der Waals surface area (Å²) in [5, 5.41) is 1.55. The van der Waals surface area contributed by atoms with Gasteiger partial charge in [-0.05, 0) is 13.0 Å². The van der Waals surface area contributed by atoms with Crippen LogP contribution >= 0.6 is 34.5 Å². The number of methoxy groups -OCH3 is 1. The fourth-order valence-corrected chi connectivity index (χ4v) is 2.85. The van der Waals surface area contributed by atoms with Gasteiger partial charge < -0.3 is 4.74 Å². The number of ether oxygens (including phenoxy) is 1. The normalized spacial score (nSPS) is 10.4. The summed E-state index contributed by atoms with van der Waals surface area (Å²) in [6.07, 6.45) is 0. The molecule has 0 amide bonds. The van der Waals surface area contributed by atoms with Gasteiger partial charge in [-0.3, -0.25) is 0 Å². The molecule has 0 fully saturated rings. The van der Waals surface area contributed by atoms with E-state index in [0.29, 0.717) is 26.3 Å². The summed E-state index contributed by atoms with van der Waals surface area (Å²) in [7, 11) is 1.33. The number of aryl methyl sites for hydroxylation is 1. The lowest BCUT2D eigenvalue weighted by Crippen LogP contribution is -2.03. The summed E-state index contributed by atoms with van der Waals surface area (Å²) >= 11 is 13.5. The van der Waals surface area contributed by atoms with E-state index in [9.17, 15) is 4.79 Å². The Morgan fingerprint density at radius 2 is 2.11 bits per heavy atom. The van der Waals surface area contributed by atoms with Gasteiger partial charge >= 0.3 is 5.97 Å². The van der Waals surface area contributed by atoms with E-state index in [4.69, 9.17) is 23.2 Å². The van der Waals surface area contributed by atoms with Crippen molar-refractivity contribution in [2.45, 2.75) is 6.92 Å². The fourth-order valence-electron chi connectivity index (χ4n) is 1.47. The molecule has 0 bridgehead atoms. The maximum absolute atomic E-state index is 11.5. The molecule has 0 saturated heterocycles. The van der Waals surface area contributed by atoms with Crippen LogP contribution in [-0.4, -0.2) is 18.1 Å². The van der Waals surface area contributed by atoms with Crippen molar-refractivity contribution in [1.29, 1.82) is 0 Å². The first kappa shape index (κ1) is 13.3. The van der Waals surface area contributed by atoms with E-state index in [1.807, 2.05) is 13.0 Å². The smallest absolute Gasteiger partial charge is 0.357 e. The van der Waals surface area contributed by atoms with Crippen LogP contribution in [0.2, 0.25) is 10.0 Å². The van der Waals surface area contributed by atoms with E-state index in [-0.39, 0.29) is 0 Å². The lowest BCUT2D eigenvalue weighted by molar-refractivity contribution is 0.0594. The van der Waals surface area contributed by atoms with Gasteiger partial charge in [0.1, 0.15) is 5.01 Å². The zero-order chi connectivity index (χ0) is 13.3. The number of carbonyl (C=O) groups is 1. The molecule has 2 rings (SSSR count). The molecular weight excluding hydrogens is 293 g/mol. The number of rotatable bonds is 2. The first-order valence-electron chi connectivity index (χ1n) is 5.04. The van der Waals surface area contributed by atoms with Gasteiger partial charge in [-0.15, -0.1) is 11.3 Å². The van der Waals surface area contributed by atoms with Crippen LogP contribution < -0.4 is 0 Å². The van der Waals surface area contributed by atoms with Gasteiger partial charge in [0, 0.05) is 10.4 Å². The van der Waals surface area contributed by atoms with Gasteiger partial charge in [-0.2, -0.15) is 0 Å². The third-order valence-electron chi connectivity index (χ3n) is 2.36. The van der Waals surface area contributed by atoms with E-state index in [1.165, 1.54) is 18.4 Å². The Balaban J connectivity index is 2.53. The van der Waals surface area contributed by atoms with Crippen LogP contribution in [0.15, 0.2) is 18.2 Å². The van der Waals surface area contributed by atoms with Crippen molar-refractivity contribution < 1.29 is 9.53 Å². The molecule has 2 aromatic rings. The highest BCUT2D eigenvalue weighted by molar-refractivity contribution is 7.15. The molecule has 0 atom stereocenters. The molecule has 0 saturated carbocycles. The van der Waals surface area contributed by atoms with Crippen LogP contribution in [0, 0.1) is 6.92 Å². The van der Waals surface area contributed by atoms with Crippen LogP contribution in [0.1, 0.15) is 15.4 Å². The average Bonchev–Trinajstić information content (AvgIpc) is 2.73. The van der Waals surface area contributed by atoms with E-state index in [2.05, 4.69) is 9.72 Å². The SMILES string of the molecule is COC(=O)c1nc(-c2cccc(Cl)c2Cl)sc1C. The lowest BCUT2D eigenvalue weighted by atomic mass is 10.2.